The zero-order chi connectivity index (χ0) is 13.6. The van der Waals surface area contributed by atoms with Crippen LogP contribution in [-0.4, -0.2) is 39.9 Å². The van der Waals surface area contributed by atoms with E-state index in [9.17, 15) is 12.8 Å². The molecule has 18 heavy (non-hydrogen) atoms. The molecule has 1 aromatic rings. The molecule has 0 aromatic heterocycles. The Morgan fingerprint density at radius 3 is 2.78 bits per heavy atom. The van der Waals surface area contributed by atoms with Crippen molar-refractivity contribution in [1.29, 1.82) is 0 Å². The maximum absolute atomic E-state index is 13.0. The number of aliphatic hydroxyl groups is 1. The van der Waals surface area contributed by atoms with Gasteiger partial charge in [0.2, 0.25) is 10.0 Å². The van der Waals surface area contributed by atoms with Gasteiger partial charge in [-0.1, -0.05) is 6.07 Å². The summed E-state index contributed by atoms with van der Waals surface area (Å²) in [5.41, 5.74) is 0.472. The normalized spacial score (nSPS) is 11.7. The van der Waals surface area contributed by atoms with E-state index >= 15 is 0 Å². The quantitative estimate of drug-likeness (QED) is 0.708. The van der Waals surface area contributed by atoms with Gasteiger partial charge in [-0.15, -0.1) is 0 Å². The summed E-state index contributed by atoms with van der Waals surface area (Å²) in [4.78, 5) is -0.0790. The number of aliphatic hydroxyl groups excluding tert-OH is 1. The topological polar surface area (TPSA) is 75.6 Å². The second-order valence-electron chi connectivity index (χ2n) is 3.64. The highest BCUT2D eigenvalue weighted by atomic mass is 32.2. The molecule has 0 saturated heterocycles. The maximum atomic E-state index is 13.0. The third-order valence-corrected chi connectivity index (χ3v) is 3.82. The Bertz CT molecular complexity index is 490. The number of rotatable bonds is 7. The highest BCUT2D eigenvalue weighted by Gasteiger charge is 2.16. The third-order valence-electron chi connectivity index (χ3n) is 2.21. The molecule has 1 aromatic carbocycles. The fourth-order valence-corrected chi connectivity index (χ4v) is 2.62. The zero-order valence-corrected chi connectivity index (χ0v) is 10.8. The van der Waals surface area contributed by atoms with Crippen LogP contribution in [0.5, 0.6) is 0 Å². The van der Waals surface area contributed by atoms with Crippen LogP contribution in [0.15, 0.2) is 23.1 Å². The molecular weight excluding hydrogens is 261 g/mol. The number of hydrogen-bond donors (Lipinski definition) is 2. The molecule has 0 aliphatic rings. The molecule has 2 N–H and O–H groups in total. The first-order valence-electron chi connectivity index (χ1n) is 5.42. The summed E-state index contributed by atoms with van der Waals surface area (Å²) in [6.45, 7) is 1.85. The van der Waals surface area contributed by atoms with Gasteiger partial charge in [-0.25, -0.2) is 17.5 Å². The molecule has 0 aliphatic heterocycles. The van der Waals surface area contributed by atoms with Gasteiger partial charge in [-0.2, -0.15) is 0 Å². The van der Waals surface area contributed by atoms with Gasteiger partial charge >= 0.3 is 0 Å². The van der Waals surface area contributed by atoms with Crippen molar-refractivity contribution in [3.8, 4) is 0 Å². The molecule has 102 valence electrons. The molecule has 0 bridgehead atoms. The van der Waals surface area contributed by atoms with Crippen LogP contribution in [0.4, 0.5) is 4.39 Å². The highest BCUT2D eigenvalue weighted by molar-refractivity contribution is 7.89. The van der Waals surface area contributed by atoms with Crippen molar-refractivity contribution in [2.75, 3.05) is 26.4 Å². The Balaban J connectivity index is 2.66. The smallest absolute Gasteiger partial charge is 0.241 e. The predicted molar refractivity (Wildman–Crippen MR) is 64.2 cm³/mol. The average Bonchev–Trinajstić information content (AvgIpc) is 2.32. The second kappa shape index (κ2) is 6.79. The number of benzene rings is 1. The standard InChI is InChI=1S/C11H16FNO4S/c1-9-2-3-10(12)8-11(9)18(15,16)13-4-6-17-7-5-14/h2-3,8,13-14H,4-7H2,1H3. The van der Waals surface area contributed by atoms with Crippen molar-refractivity contribution in [3.05, 3.63) is 29.6 Å². The minimum Gasteiger partial charge on any atom is -0.394 e. The molecule has 7 heteroatoms. The van der Waals surface area contributed by atoms with Crippen LogP contribution in [0, 0.1) is 12.7 Å². The van der Waals surface area contributed by atoms with Gasteiger partial charge in [0.05, 0.1) is 24.7 Å². The van der Waals surface area contributed by atoms with Crippen molar-refractivity contribution in [2.45, 2.75) is 11.8 Å². The Morgan fingerprint density at radius 2 is 2.11 bits per heavy atom. The molecular formula is C11H16FNO4S. The summed E-state index contributed by atoms with van der Waals surface area (Å²) in [5.74, 6) is -0.600. The van der Waals surface area contributed by atoms with Crippen molar-refractivity contribution in [3.63, 3.8) is 0 Å². The van der Waals surface area contributed by atoms with Crippen LogP contribution >= 0.6 is 0 Å². The van der Waals surface area contributed by atoms with E-state index in [1.165, 1.54) is 12.1 Å². The first-order valence-corrected chi connectivity index (χ1v) is 6.90. The summed E-state index contributed by atoms with van der Waals surface area (Å²) in [6.07, 6.45) is 0. The van der Waals surface area contributed by atoms with E-state index in [1.54, 1.807) is 6.92 Å². The number of hydrogen-bond acceptors (Lipinski definition) is 4. The zero-order valence-electron chi connectivity index (χ0n) is 10.0. The molecule has 0 unspecified atom stereocenters. The monoisotopic (exact) mass is 277 g/mol. The van der Waals surface area contributed by atoms with Crippen molar-refractivity contribution >= 4 is 10.0 Å². The van der Waals surface area contributed by atoms with Crippen LogP contribution in [0.1, 0.15) is 5.56 Å². The molecule has 0 aliphatic carbocycles. The molecule has 5 nitrogen and oxygen atoms in total. The van der Waals surface area contributed by atoms with Crippen LogP contribution in [0.2, 0.25) is 0 Å². The first-order chi connectivity index (χ1) is 8.47. The fourth-order valence-electron chi connectivity index (χ4n) is 1.36. The average molecular weight is 277 g/mol. The van der Waals surface area contributed by atoms with E-state index < -0.39 is 15.8 Å². The number of aryl methyl sites for hydroxylation is 1. The SMILES string of the molecule is Cc1ccc(F)cc1S(=O)(=O)NCCOCCO. The van der Waals surface area contributed by atoms with Gasteiger partial charge in [0.1, 0.15) is 5.82 Å². The Kier molecular flexibility index (Phi) is 5.67. The summed E-state index contributed by atoms with van der Waals surface area (Å²) >= 11 is 0. The molecule has 0 amide bonds. The molecule has 0 fully saturated rings. The van der Waals surface area contributed by atoms with Crippen LogP contribution in [0.3, 0.4) is 0 Å². The van der Waals surface area contributed by atoms with E-state index in [0.29, 0.717) is 5.56 Å². The number of nitrogens with one attached hydrogen (secondary N) is 1. The lowest BCUT2D eigenvalue weighted by atomic mass is 10.2. The van der Waals surface area contributed by atoms with Crippen molar-refractivity contribution < 1.29 is 22.7 Å². The van der Waals surface area contributed by atoms with E-state index in [0.717, 1.165) is 6.07 Å². The number of sulfonamides is 1. The molecule has 0 radical (unpaired) electrons. The van der Waals surface area contributed by atoms with Gasteiger partial charge in [0.25, 0.3) is 0 Å². The van der Waals surface area contributed by atoms with Gasteiger partial charge in [0.15, 0.2) is 0 Å². The molecule has 1 rings (SSSR count). The number of ether oxygens (including phenoxy) is 1. The van der Waals surface area contributed by atoms with Crippen LogP contribution < -0.4 is 4.72 Å². The van der Waals surface area contributed by atoms with Crippen LogP contribution in [0.25, 0.3) is 0 Å². The Labute approximate surface area is 106 Å². The number of halogens is 1. The third kappa shape index (κ3) is 4.34. The lowest BCUT2D eigenvalue weighted by Gasteiger charge is -2.09. The summed E-state index contributed by atoms with van der Waals surface area (Å²) in [5, 5.41) is 8.47. The molecule has 0 atom stereocenters. The fraction of sp³-hybridized carbons (Fsp3) is 0.455. The highest BCUT2D eigenvalue weighted by Crippen LogP contribution is 2.15. The van der Waals surface area contributed by atoms with Gasteiger partial charge < -0.3 is 9.84 Å². The molecule has 0 saturated carbocycles. The molecule has 0 heterocycles. The summed E-state index contributed by atoms with van der Waals surface area (Å²) in [7, 11) is -3.73. The van der Waals surface area contributed by atoms with Crippen LogP contribution in [-0.2, 0) is 14.8 Å². The van der Waals surface area contributed by atoms with Crippen molar-refractivity contribution in [2.24, 2.45) is 0 Å². The first kappa shape index (κ1) is 15.0. The minimum atomic E-state index is -3.73. The van der Waals surface area contributed by atoms with Gasteiger partial charge in [-0.05, 0) is 24.6 Å². The lowest BCUT2D eigenvalue weighted by molar-refractivity contribution is 0.0961. The summed E-state index contributed by atoms with van der Waals surface area (Å²) in [6, 6.07) is 3.59. The van der Waals surface area contributed by atoms with E-state index in [4.69, 9.17) is 9.84 Å². The van der Waals surface area contributed by atoms with Gasteiger partial charge in [-0.3, -0.25) is 0 Å². The maximum Gasteiger partial charge on any atom is 0.241 e. The van der Waals surface area contributed by atoms with E-state index in [1.807, 2.05) is 0 Å². The molecule has 0 spiro atoms. The second-order valence-corrected chi connectivity index (χ2v) is 5.38. The Morgan fingerprint density at radius 1 is 1.39 bits per heavy atom. The summed E-state index contributed by atoms with van der Waals surface area (Å²) < 4.78 is 44.0. The largest absolute Gasteiger partial charge is 0.394 e. The van der Waals surface area contributed by atoms with Gasteiger partial charge in [0, 0.05) is 6.54 Å². The lowest BCUT2D eigenvalue weighted by Crippen LogP contribution is -2.28. The van der Waals surface area contributed by atoms with E-state index in [-0.39, 0.29) is 31.3 Å². The van der Waals surface area contributed by atoms with Crippen molar-refractivity contribution in [1.82, 2.24) is 4.72 Å². The Hall–Kier alpha value is -1.02. The van der Waals surface area contributed by atoms with E-state index in [2.05, 4.69) is 4.72 Å². The predicted octanol–water partition coefficient (Wildman–Crippen LogP) is 0.421. The minimum absolute atomic E-state index is 0.0677.